The lowest BCUT2D eigenvalue weighted by atomic mass is 9.95. The molecule has 3 aromatic heterocycles. The third kappa shape index (κ3) is 5.82. The summed E-state index contributed by atoms with van der Waals surface area (Å²) >= 11 is 6.33. The van der Waals surface area contributed by atoms with Crippen molar-refractivity contribution >= 4 is 40.6 Å². The summed E-state index contributed by atoms with van der Waals surface area (Å²) in [5, 5.41) is 10.9. The molecule has 40 heavy (non-hydrogen) atoms. The molecule has 5 aromatic rings. The maximum absolute atomic E-state index is 6.45. The van der Waals surface area contributed by atoms with Crippen molar-refractivity contribution in [2.24, 2.45) is 5.92 Å². The lowest BCUT2D eigenvalue weighted by molar-refractivity contribution is 0.480. The predicted molar refractivity (Wildman–Crippen MR) is 162 cm³/mol. The molecule has 4 heterocycles. The van der Waals surface area contributed by atoms with E-state index in [2.05, 4.69) is 42.5 Å². The van der Waals surface area contributed by atoms with Crippen molar-refractivity contribution in [3.8, 4) is 22.5 Å². The van der Waals surface area contributed by atoms with E-state index in [0.29, 0.717) is 28.3 Å². The first-order valence-electron chi connectivity index (χ1n) is 13.2. The molecule has 0 saturated carbocycles. The topological polar surface area (TPSA) is 109 Å². The van der Waals surface area contributed by atoms with Crippen LogP contribution in [0.5, 0.6) is 0 Å². The largest absolute Gasteiger partial charge is 0.398 e. The summed E-state index contributed by atoms with van der Waals surface area (Å²) in [4.78, 5) is 15.6. The van der Waals surface area contributed by atoms with Crippen LogP contribution < -0.4 is 16.0 Å². The number of piperidine rings is 1. The van der Waals surface area contributed by atoms with E-state index in [-0.39, 0.29) is 0 Å². The number of rotatable bonds is 7. The molecule has 6 rings (SSSR count). The zero-order chi connectivity index (χ0) is 27.3. The third-order valence-corrected chi connectivity index (χ3v) is 7.46. The van der Waals surface area contributed by atoms with Gasteiger partial charge in [-0.3, -0.25) is 10.1 Å². The van der Waals surface area contributed by atoms with Gasteiger partial charge in [-0.2, -0.15) is 5.10 Å². The Morgan fingerprint density at radius 1 is 0.950 bits per heavy atom. The number of nitrogens with zero attached hydrogens (tertiary/aromatic N) is 5. The van der Waals surface area contributed by atoms with E-state index in [1.165, 1.54) is 0 Å². The minimum absolute atomic E-state index is 0.496. The molecule has 1 fully saturated rings. The fourth-order valence-electron chi connectivity index (χ4n) is 4.93. The number of allylic oxidation sites excluding steroid dienone is 1. The molecule has 2 aromatic carbocycles. The van der Waals surface area contributed by atoms with E-state index >= 15 is 0 Å². The second-order valence-corrected chi connectivity index (χ2v) is 10.2. The van der Waals surface area contributed by atoms with E-state index in [0.717, 1.165) is 59.6 Å². The standard InChI is InChI=1S/C31H29ClN8/c32-27-20-34-13-9-29(27)40-15-11-21(12-16-40)1-2-23-3-4-24(17-28(23)33)31-35-14-10-30(39-31)38-26-7-5-22(6-8-26)25-18-36-37-19-25/h1-10,13-14,17-21H,11-12,15-16,33H2,(H,36,37)(H,35,38,39)/b2-1+. The highest BCUT2D eigenvalue weighted by Gasteiger charge is 2.19. The van der Waals surface area contributed by atoms with Gasteiger partial charge < -0.3 is 16.0 Å². The van der Waals surface area contributed by atoms with Gasteiger partial charge in [-0.25, -0.2) is 9.97 Å². The van der Waals surface area contributed by atoms with Crippen LogP contribution >= 0.6 is 11.6 Å². The van der Waals surface area contributed by atoms with Crippen molar-refractivity contribution in [1.29, 1.82) is 0 Å². The zero-order valence-electron chi connectivity index (χ0n) is 21.8. The van der Waals surface area contributed by atoms with E-state index in [9.17, 15) is 0 Å². The van der Waals surface area contributed by atoms with Crippen molar-refractivity contribution in [2.45, 2.75) is 12.8 Å². The first kappa shape index (κ1) is 25.6. The number of nitrogens with two attached hydrogens (primary N) is 1. The van der Waals surface area contributed by atoms with Crippen LogP contribution in [0.25, 0.3) is 28.6 Å². The molecule has 4 N–H and O–H groups in total. The molecule has 200 valence electrons. The van der Waals surface area contributed by atoms with E-state index in [4.69, 9.17) is 22.3 Å². The monoisotopic (exact) mass is 548 g/mol. The molecule has 0 radical (unpaired) electrons. The number of aromatic nitrogens is 5. The van der Waals surface area contributed by atoms with Crippen molar-refractivity contribution in [1.82, 2.24) is 25.1 Å². The van der Waals surface area contributed by atoms with Crippen LogP contribution in [-0.2, 0) is 0 Å². The summed E-state index contributed by atoms with van der Waals surface area (Å²) in [6.45, 7) is 1.92. The number of nitrogen functional groups attached to an aromatic ring is 1. The number of anilines is 4. The summed E-state index contributed by atoms with van der Waals surface area (Å²) in [5.74, 6) is 1.82. The van der Waals surface area contributed by atoms with Gasteiger partial charge in [0.05, 0.1) is 16.9 Å². The highest BCUT2D eigenvalue weighted by Crippen LogP contribution is 2.30. The van der Waals surface area contributed by atoms with Gasteiger partial charge in [-0.05, 0) is 60.2 Å². The summed E-state index contributed by atoms with van der Waals surface area (Å²) in [7, 11) is 0. The number of hydrogen-bond acceptors (Lipinski definition) is 7. The van der Waals surface area contributed by atoms with Crippen molar-refractivity contribution < 1.29 is 0 Å². The molecule has 1 saturated heterocycles. The van der Waals surface area contributed by atoms with Gasteiger partial charge in [-0.1, -0.05) is 48.0 Å². The Labute approximate surface area is 238 Å². The van der Waals surface area contributed by atoms with Crippen LogP contribution in [0, 0.1) is 5.92 Å². The summed E-state index contributed by atoms with van der Waals surface area (Å²) < 4.78 is 0. The number of benzene rings is 2. The molecule has 0 amide bonds. The SMILES string of the molecule is Nc1cc(-c2nccc(Nc3ccc(-c4cn[nH]c4)cc3)n2)ccc1/C=C/C1CCN(c2ccncc2Cl)CC1. The van der Waals surface area contributed by atoms with Crippen molar-refractivity contribution in [2.75, 3.05) is 29.0 Å². The highest BCUT2D eigenvalue weighted by molar-refractivity contribution is 6.33. The van der Waals surface area contributed by atoms with E-state index < -0.39 is 0 Å². The molecular weight excluding hydrogens is 520 g/mol. The second kappa shape index (κ2) is 11.6. The molecule has 0 aliphatic carbocycles. The number of hydrogen-bond donors (Lipinski definition) is 3. The second-order valence-electron chi connectivity index (χ2n) is 9.81. The molecule has 1 aliphatic rings. The molecule has 0 bridgehead atoms. The Hall–Kier alpha value is -4.69. The van der Waals surface area contributed by atoms with Gasteiger partial charge in [0.2, 0.25) is 0 Å². The lowest BCUT2D eigenvalue weighted by Crippen LogP contribution is -2.33. The molecular formula is C31H29ClN8. The number of pyridine rings is 1. The molecule has 0 atom stereocenters. The first-order valence-corrected chi connectivity index (χ1v) is 13.6. The van der Waals surface area contributed by atoms with Crippen molar-refractivity contribution in [3.63, 3.8) is 0 Å². The Bertz CT molecular complexity index is 1610. The Morgan fingerprint density at radius 2 is 1.77 bits per heavy atom. The van der Waals surface area contributed by atoms with E-state index in [1.54, 1.807) is 24.8 Å². The quantitative estimate of drug-likeness (QED) is 0.191. The van der Waals surface area contributed by atoms with Crippen LogP contribution in [0.1, 0.15) is 18.4 Å². The Balaban J connectivity index is 1.09. The summed E-state index contributed by atoms with van der Waals surface area (Å²) in [6.07, 6.45) is 15.4. The van der Waals surface area contributed by atoms with Gasteiger partial charge in [0.15, 0.2) is 5.82 Å². The van der Waals surface area contributed by atoms with Crippen LogP contribution in [0.15, 0.2) is 91.7 Å². The highest BCUT2D eigenvalue weighted by atomic mass is 35.5. The third-order valence-electron chi connectivity index (χ3n) is 7.17. The number of halogens is 1. The predicted octanol–water partition coefficient (Wildman–Crippen LogP) is 6.84. The van der Waals surface area contributed by atoms with E-state index in [1.807, 2.05) is 60.8 Å². The minimum Gasteiger partial charge on any atom is -0.398 e. The number of nitrogens with one attached hydrogen (secondary N) is 2. The molecule has 1 aliphatic heterocycles. The van der Waals surface area contributed by atoms with Gasteiger partial charge >= 0.3 is 0 Å². The fourth-order valence-corrected chi connectivity index (χ4v) is 5.17. The van der Waals surface area contributed by atoms with Gasteiger partial charge in [0, 0.05) is 60.4 Å². The van der Waals surface area contributed by atoms with Crippen LogP contribution in [0.2, 0.25) is 5.02 Å². The molecule has 0 spiro atoms. The fraction of sp³-hybridized carbons (Fsp3) is 0.161. The van der Waals surface area contributed by atoms with Gasteiger partial charge in [0.1, 0.15) is 5.82 Å². The maximum Gasteiger partial charge on any atom is 0.161 e. The van der Waals surface area contributed by atoms with Crippen molar-refractivity contribution in [3.05, 3.63) is 102 Å². The zero-order valence-corrected chi connectivity index (χ0v) is 22.6. The number of H-pyrrole nitrogens is 1. The summed E-state index contributed by atoms with van der Waals surface area (Å²) in [5.41, 5.74) is 13.1. The average molecular weight is 549 g/mol. The lowest BCUT2D eigenvalue weighted by Gasteiger charge is -2.32. The maximum atomic E-state index is 6.45. The Morgan fingerprint density at radius 3 is 2.52 bits per heavy atom. The number of aromatic amines is 1. The normalized spacial score (nSPS) is 14.1. The average Bonchev–Trinajstić information content (AvgIpc) is 3.53. The van der Waals surface area contributed by atoms with Gasteiger partial charge in [-0.15, -0.1) is 0 Å². The molecule has 8 nitrogen and oxygen atoms in total. The van der Waals surface area contributed by atoms with Crippen LogP contribution in [0.4, 0.5) is 22.9 Å². The first-order chi connectivity index (χ1) is 19.6. The summed E-state index contributed by atoms with van der Waals surface area (Å²) in [6, 6.07) is 17.9. The van der Waals surface area contributed by atoms with Crippen LogP contribution in [-0.4, -0.2) is 38.2 Å². The van der Waals surface area contributed by atoms with Gasteiger partial charge in [0.25, 0.3) is 0 Å². The Kier molecular flexibility index (Phi) is 7.41. The molecule has 9 heteroatoms. The smallest absolute Gasteiger partial charge is 0.161 e. The van der Waals surface area contributed by atoms with Crippen LogP contribution in [0.3, 0.4) is 0 Å². The molecule has 0 unspecified atom stereocenters. The minimum atomic E-state index is 0.496.